The molecule has 0 saturated carbocycles. The van der Waals surface area contributed by atoms with E-state index in [0.717, 1.165) is 77.0 Å². The van der Waals surface area contributed by atoms with E-state index < -0.39 is 0 Å². The highest BCUT2D eigenvalue weighted by molar-refractivity contribution is 6.11. The summed E-state index contributed by atoms with van der Waals surface area (Å²) >= 11 is 0. The summed E-state index contributed by atoms with van der Waals surface area (Å²) in [6, 6.07) is 56.3. The fourth-order valence-corrected chi connectivity index (χ4v) is 9.29. The van der Waals surface area contributed by atoms with Crippen molar-refractivity contribution in [2.75, 3.05) is 19.8 Å². The number of fused-ring (bicyclic) bond motifs is 6. The third kappa shape index (κ3) is 6.83. The molecule has 306 valence electrons. The van der Waals surface area contributed by atoms with Crippen molar-refractivity contribution in [1.29, 1.82) is 0 Å². The Balaban J connectivity index is 1.25. The number of hydrogen-bond acceptors (Lipinski definition) is 4. The van der Waals surface area contributed by atoms with Gasteiger partial charge in [-0.15, -0.1) is 0 Å². The molecule has 0 aliphatic heterocycles. The van der Waals surface area contributed by atoms with Gasteiger partial charge in [0.15, 0.2) is 0 Å². The SMILES string of the molecule is CCOCCCOc1c(-c2cc(C)cc(-n3c4ccccc4c4ccccc43)c2O)cc(Cc2ccccc2)cc1-c1cc(C)cc(-n2c3ccccc3c3ccccc32)c1O. The maximum absolute atomic E-state index is 12.8. The normalized spacial score (nSPS) is 11.7. The molecular formula is C56H48N2O4. The van der Waals surface area contributed by atoms with Crippen LogP contribution >= 0.6 is 0 Å². The van der Waals surface area contributed by atoms with Crippen molar-refractivity contribution in [2.45, 2.75) is 33.6 Å². The number of benzene rings is 8. The predicted octanol–water partition coefficient (Wildman–Crippen LogP) is 13.6. The van der Waals surface area contributed by atoms with Crippen molar-refractivity contribution in [2.24, 2.45) is 0 Å². The molecule has 2 heterocycles. The molecule has 0 aliphatic rings. The lowest BCUT2D eigenvalue weighted by Gasteiger charge is -2.23. The first-order valence-corrected chi connectivity index (χ1v) is 21.5. The molecule has 0 radical (unpaired) electrons. The van der Waals surface area contributed by atoms with Gasteiger partial charge in [0.05, 0.1) is 40.0 Å². The Morgan fingerprint density at radius 2 is 0.871 bits per heavy atom. The Hall–Kier alpha value is -7.28. The van der Waals surface area contributed by atoms with Crippen LogP contribution in [0.3, 0.4) is 0 Å². The van der Waals surface area contributed by atoms with E-state index in [0.29, 0.717) is 60.9 Å². The third-order valence-electron chi connectivity index (χ3n) is 12.0. The molecule has 10 aromatic rings. The van der Waals surface area contributed by atoms with Gasteiger partial charge in [0.25, 0.3) is 0 Å². The van der Waals surface area contributed by atoms with Gasteiger partial charge >= 0.3 is 0 Å². The summed E-state index contributed by atoms with van der Waals surface area (Å²) in [6.07, 6.45) is 1.29. The number of para-hydroxylation sites is 4. The quantitative estimate of drug-likeness (QED) is 0.121. The van der Waals surface area contributed by atoms with E-state index in [4.69, 9.17) is 9.47 Å². The summed E-state index contributed by atoms with van der Waals surface area (Å²) in [5, 5.41) is 30.0. The molecule has 6 nitrogen and oxygen atoms in total. The van der Waals surface area contributed by atoms with Crippen LogP contribution in [0.15, 0.2) is 164 Å². The van der Waals surface area contributed by atoms with E-state index in [1.54, 1.807) is 0 Å². The van der Waals surface area contributed by atoms with Crippen LogP contribution in [0, 0.1) is 13.8 Å². The fourth-order valence-electron chi connectivity index (χ4n) is 9.29. The fraction of sp³-hybridized carbons (Fsp3) is 0.143. The average molecular weight is 813 g/mol. The first kappa shape index (κ1) is 38.9. The van der Waals surface area contributed by atoms with E-state index in [2.05, 4.69) is 144 Å². The van der Waals surface area contributed by atoms with Gasteiger partial charge in [-0.1, -0.05) is 103 Å². The topological polar surface area (TPSA) is 68.8 Å². The number of rotatable bonds is 12. The molecule has 0 atom stereocenters. The molecule has 62 heavy (non-hydrogen) atoms. The second-order valence-corrected chi connectivity index (χ2v) is 16.2. The van der Waals surface area contributed by atoms with Crippen molar-refractivity contribution in [3.05, 3.63) is 186 Å². The van der Waals surface area contributed by atoms with Crippen LogP contribution in [-0.2, 0) is 11.2 Å². The highest BCUT2D eigenvalue weighted by Gasteiger charge is 2.26. The summed E-state index contributed by atoms with van der Waals surface area (Å²) in [6.45, 7) is 7.68. The lowest BCUT2D eigenvalue weighted by Crippen LogP contribution is -2.06. The average Bonchev–Trinajstić information content (AvgIpc) is 3.81. The van der Waals surface area contributed by atoms with E-state index in [1.165, 1.54) is 0 Å². The number of phenols is 2. The second-order valence-electron chi connectivity index (χ2n) is 16.2. The molecule has 0 spiro atoms. The van der Waals surface area contributed by atoms with Crippen molar-refractivity contribution in [3.8, 4) is 50.9 Å². The minimum Gasteiger partial charge on any atom is -0.505 e. The van der Waals surface area contributed by atoms with Crippen LogP contribution in [-0.4, -0.2) is 39.2 Å². The summed E-state index contributed by atoms with van der Waals surface area (Å²) < 4.78 is 17.0. The van der Waals surface area contributed by atoms with Gasteiger partial charge in [-0.2, -0.15) is 0 Å². The number of aromatic nitrogens is 2. The summed E-state index contributed by atoms with van der Waals surface area (Å²) in [4.78, 5) is 0. The van der Waals surface area contributed by atoms with Crippen LogP contribution in [0.25, 0.3) is 77.2 Å². The number of phenolic OH excluding ortho intramolecular Hbond substituents is 2. The van der Waals surface area contributed by atoms with E-state index in [-0.39, 0.29) is 11.5 Å². The van der Waals surface area contributed by atoms with Gasteiger partial charge in [-0.3, -0.25) is 0 Å². The second kappa shape index (κ2) is 16.3. The number of aromatic hydroxyl groups is 2. The lowest BCUT2D eigenvalue weighted by atomic mass is 9.90. The van der Waals surface area contributed by atoms with Crippen LogP contribution in [0.5, 0.6) is 17.2 Å². The van der Waals surface area contributed by atoms with Crippen LogP contribution in [0.4, 0.5) is 0 Å². The number of hydrogen-bond donors (Lipinski definition) is 2. The highest BCUT2D eigenvalue weighted by Crippen LogP contribution is 2.50. The van der Waals surface area contributed by atoms with Crippen LogP contribution < -0.4 is 4.74 Å². The van der Waals surface area contributed by atoms with Crippen molar-refractivity contribution in [3.63, 3.8) is 0 Å². The lowest BCUT2D eigenvalue weighted by molar-refractivity contribution is 0.131. The largest absolute Gasteiger partial charge is 0.505 e. The van der Waals surface area contributed by atoms with Gasteiger partial charge in [0.1, 0.15) is 17.2 Å². The molecule has 0 aliphatic carbocycles. The molecule has 0 unspecified atom stereocenters. The maximum Gasteiger partial charge on any atom is 0.147 e. The molecule has 0 amide bonds. The van der Waals surface area contributed by atoms with E-state index in [1.807, 2.05) is 49.4 Å². The van der Waals surface area contributed by atoms with Gasteiger partial charge in [-0.05, 0) is 110 Å². The Kier molecular flexibility index (Phi) is 10.2. The first-order valence-electron chi connectivity index (χ1n) is 21.5. The molecule has 6 heteroatoms. The molecule has 2 aromatic heterocycles. The van der Waals surface area contributed by atoms with Crippen molar-refractivity contribution < 1.29 is 19.7 Å². The maximum atomic E-state index is 12.8. The molecule has 8 aromatic carbocycles. The van der Waals surface area contributed by atoms with E-state index >= 15 is 0 Å². The molecule has 2 N–H and O–H groups in total. The Labute approximate surface area is 361 Å². The molecule has 0 saturated heterocycles. The smallest absolute Gasteiger partial charge is 0.147 e. The predicted molar refractivity (Wildman–Crippen MR) is 255 cm³/mol. The number of ether oxygens (including phenoxy) is 2. The van der Waals surface area contributed by atoms with Gasteiger partial charge < -0.3 is 28.8 Å². The molecular weight excluding hydrogens is 765 g/mol. The number of aryl methyl sites for hydroxylation is 2. The van der Waals surface area contributed by atoms with Crippen molar-refractivity contribution in [1.82, 2.24) is 9.13 Å². The van der Waals surface area contributed by atoms with Gasteiger partial charge in [-0.25, -0.2) is 0 Å². The minimum absolute atomic E-state index is 0.142. The number of nitrogens with zero attached hydrogens (tertiary/aromatic N) is 2. The summed E-state index contributed by atoms with van der Waals surface area (Å²) in [5.41, 5.74) is 12.3. The monoisotopic (exact) mass is 812 g/mol. The van der Waals surface area contributed by atoms with Gasteiger partial charge in [0.2, 0.25) is 0 Å². The zero-order valence-corrected chi connectivity index (χ0v) is 35.2. The van der Waals surface area contributed by atoms with Crippen LogP contribution in [0.1, 0.15) is 35.6 Å². The zero-order valence-electron chi connectivity index (χ0n) is 35.2. The zero-order chi connectivity index (χ0) is 42.3. The Morgan fingerprint density at radius 1 is 0.452 bits per heavy atom. The highest BCUT2D eigenvalue weighted by atomic mass is 16.5. The third-order valence-corrected chi connectivity index (χ3v) is 12.0. The van der Waals surface area contributed by atoms with Crippen LogP contribution in [0.2, 0.25) is 0 Å². The van der Waals surface area contributed by atoms with E-state index in [9.17, 15) is 10.2 Å². The Bertz CT molecular complexity index is 2990. The molecule has 0 fully saturated rings. The summed E-state index contributed by atoms with van der Waals surface area (Å²) in [5.74, 6) is 0.869. The first-order chi connectivity index (χ1) is 30.4. The molecule has 10 rings (SSSR count). The molecule has 0 bridgehead atoms. The van der Waals surface area contributed by atoms with Crippen molar-refractivity contribution >= 4 is 43.6 Å². The van der Waals surface area contributed by atoms with Gasteiger partial charge in [0, 0.05) is 63.4 Å². The Morgan fingerprint density at radius 3 is 1.31 bits per heavy atom. The summed E-state index contributed by atoms with van der Waals surface area (Å²) in [7, 11) is 0. The minimum atomic E-state index is 0.142. The standard InChI is InChI=1S/C56H48N2O4/c1-4-61-27-16-28-62-56-46(44-29-36(2)31-52(54(44)59)57-48-23-12-8-19-40(48)41-20-9-13-24-49(41)57)34-39(33-38-17-6-5-7-18-38)35-47(56)45-30-37(3)32-53(55(45)60)58-50-25-14-10-21-42(50)43-22-11-15-26-51(43)58/h5-15,17-26,29-32,34-35,59-60H,4,16,27-28,33H2,1-3H3.